The highest BCUT2D eigenvalue weighted by molar-refractivity contribution is 7.92. The summed E-state index contributed by atoms with van der Waals surface area (Å²) >= 11 is 0. The quantitative estimate of drug-likeness (QED) is 0.768. The van der Waals surface area contributed by atoms with E-state index in [1.807, 2.05) is 13.8 Å². The molecule has 0 unspecified atom stereocenters. The van der Waals surface area contributed by atoms with Crippen molar-refractivity contribution in [2.75, 3.05) is 17.6 Å². The Bertz CT molecular complexity index is 851. The van der Waals surface area contributed by atoms with Crippen molar-refractivity contribution >= 4 is 32.6 Å². The van der Waals surface area contributed by atoms with Crippen molar-refractivity contribution in [2.45, 2.75) is 40.0 Å². The Hall–Kier alpha value is -2.02. The molecule has 1 N–H and O–H groups in total. The number of ether oxygens (including phenoxy) is 1. The van der Waals surface area contributed by atoms with Gasteiger partial charge in [-0.15, -0.1) is 0 Å². The maximum absolute atomic E-state index is 12.2. The number of anilines is 1. The second kappa shape index (κ2) is 7.25. The normalized spacial score (nSPS) is 11.7. The topological polar surface area (TPSA) is 85.6 Å². The second-order valence-corrected chi connectivity index (χ2v) is 7.53. The van der Waals surface area contributed by atoms with E-state index < -0.39 is 16.0 Å². The number of esters is 1. The third-order valence-corrected chi connectivity index (χ3v) is 5.21. The number of carbonyl (C=O) groups is 1. The number of hydrogen-bond donors (Lipinski definition) is 1. The Kier molecular flexibility index (Phi) is 5.54. The van der Waals surface area contributed by atoms with Gasteiger partial charge >= 0.3 is 5.97 Å². The third kappa shape index (κ3) is 3.72. The van der Waals surface area contributed by atoms with Crippen LogP contribution in [0.2, 0.25) is 0 Å². The minimum absolute atomic E-state index is 0.0659. The van der Waals surface area contributed by atoms with E-state index in [2.05, 4.69) is 4.72 Å². The zero-order chi connectivity index (χ0) is 17.9. The van der Waals surface area contributed by atoms with Crippen LogP contribution < -0.4 is 4.72 Å². The molecule has 2 aromatic rings. The standard InChI is InChI=1S/C17H23NO5S/c1-5-7-8-24(20,21)18-13-10-12-15(9-11(13)3)23-14(6-2)16(12)17(19)22-4/h9-10,18H,5-8H2,1-4H3. The predicted octanol–water partition coefficient (Wildman–Crippen LogP) is 3.63. The number of sulfonamides is 1. The molecule has 1 aromatic carbocycles. The first-order valence-corrected chi connectivity index (χ1v) is 9.63. The summed E-state index contributed by atoms with van der Waals surface area (Å²) in [6, 6.07) is 3.38. The molecule has 0 saturated carbocycles. The molecule has 132 valence electrons. The number of methoxy groups -OCH3 is 1. The molecule has 24 heavy (non-hydrogen) atoms. The lowest BCUT2D eigenvalue weighted by Gasteiger charge is -2.10. The monoisotopic (exact) mass is 353 g/mol. The molecule has 2 rings (SSSR count). The van der Waals surface area contributed by atoms with Gasteiger partial charge in [0.25, 0.3) is 0 Å². The summed E-state index contributed by atoms with van der Waals surface area (Å²) in [6.07, 6.45) is 1.93. The number of furan rings is 1. The number of nitrogens with one attached hydrogen (secondary N) is 1. The average Bonchev–Trinajstić information content (AvgIpc) is 2.89. The van der Waals surface area contributed by atoms with Gasteiger partial charge in [0.05, 0.1) is 18.6 Å². The summed E-state index contributed by atoms with van der Waals surface area (Å²) in [5, 5.41) is 0.553. The summed E-state index contributed by atoms with van der Waals surface area (Å²) in [6.45, 7) is 5.61. The van der Waals surface area contributed by atoms with Gasteiger partial charge in [0.1, 0.15) is 16.9 Å². The molecule has 0 aliphatic heterocycles. The number of hydrogen-bond acceptors (Lipinski definition) is 5. The van der Waals surface area contributed by atoms with E-state index in [4.69, 9.17) is 9.15 Å². The van der Waals surface area contributed by atoms with Gasteiger partial charge in [0.15, 0.2) is 0 Å². The van der Waals surface area contributed by atoms with Gasteiger partial charge in [-0.3, -0.25) is 4.72 Å². The zero-order valence-electron chi connectivity index (χ0n) is 14.4. The Morgan fingerprint density at radius 2 is 2.00 bits per heavy atom. The van der Waals surface area contributed by atoms with Crippen LogP contribution >= 0.6 is 0 Å². The van der Waals surface area contributed by atoms with E-state index in [1.165, 1.54) is 7.11 Å². The number of rotatable bonds is 7. The van der Waals surface area contributed by atoms with Crippen molar-refractivity contribution in [2.24, 2.45) is 0 Å². The van der Waals surface area contributed by atoms with E-state index in [0.29, 0.717) is 40.8 Å². The molecule has 0 aliphatic rings. The third-order valence-electron chi connectivity index (χ3n) is 3.85. The largest absolute Gasteiger partial charge is 0.465 e. The summed E-state index contributed by atoms with van der Waals surface area (Å²) < 4.78 is 37.5. The minimum Gasteiger partial charge on any atom is -0.465 e. The van der Waals surface area contributed by atoms with E-state index >= 15 is 0 Å². The van der Waals surface area contributed by atoms with Crippen LogP contribution in [0.4, 0.5) is 5.69 Å². The van der Waals surface area contributed by atoms with E-state index in [-0.39, 0.29) is 5.75 Å². The van der Waals surface area contributed by atoms with Gasteiger partial charge in [0.2, 0.25) is 10.0 Å². The van der Waals surface area contributed by atoms with Crippen LogP contribution in [-0.4, -0.2) is 27.2 Å². The molecular formula is C17H23NO5S. The van der Waals surface area contributed by atoms with Crippen molar-refractivity contribution < 1.29 is 22.4 Å². The maximum atomic E-state index is 12.2. The number of unbranched alkanes of at least 4 members (excludes halogenated alkanes) is 1. The van der Waals surface area contributed by atoms with Crippen molar-refractivity contribution in [3.63, 3.8) is 0 Å². The lowest BCUT2D eigenvalue weighted by Crippen LogP contribution is -2.17. The van der Waals surface area contributed by atoms with Gasteiger partial charge in [-0.05, 0) is 31.0 Å². The Labute approximate surface area is 142 Å². The van der Waals surface area contributed by atoms with Crippen molar-refractivity contribution in [1.82, 2.24) is 0 Å². The summed E-state index contributed by atoms with van der Waals surface area (Å²) in [7, 11) is -2.11. The van der Waals surface area contributed by atoms with E-state index in [0.717, 1.165) is 12.0 Å². The maximum Gasteiger partial charge on any atom is 0.342 e. The van der Waals surface area contributed by atoms with Crippen LogP contribution in [0.25, 0.3) is 11.0 Å². The molecule has 0 radical (unpaired) electrons. The van der Waals surface area contributed by atoms with Crippen molar-refractivity contribution in [3.05, 3.63) is 29.0 Å². The highest BCUT2D eigenvalue weighted by Gasteiger charge is 2.22. The van der Waals surface area contributed by atoms with Crippen LogP contribution in [0.3, 0.4) is 0 Å². The zero-order valence-corrected chi connectivity index (χ0v) is 15.2. The Morgan fingerprint density at radius 3 is 2.58 bits per heavy atom. The molecular weight excluding hydrogens is 330 g/mol. The SMILES string of the molecule is CCCCS(=O)(=O)Nc1cc2c(C(=O)OC)c(CC)oc2cc1C. The highest BCUT2D eigenvalue weighted by Crippen LogP contribution is 2.32. The second-order valence-electron chi connectivity index (χ2n) is 5.68. The molecule has 0 amide bonds. The molecule has 1 heterocycles. The number of carbonyl (C=O) groups excluding carboxylic acids is 1. The molecule has 7 heteroatoms. The first kappa shape index (κ1) is 18.3. The molecule has 0 saturated heterocycles. The molecule has 0 fully saturated rings. The van der Waals surface area contributed by atoms with Gasteiger partial charge in [-0.2, -0.15) is 0 Å². The lowest BCUT2D eigenvalue weighted by molar-refractivity contribution is 0.0600. The van der Waals surface area contributed by atoms with Crippen LogP contribution in [0, 0.1) is 6.92 Å². The summed E-state index contributed by atoms with van der Waals surface area (Å²) in [5.41, 5.74) is 2.08. The van der Waals surface area contributed by atoms with Crippen LogP contribution in [0.15, 0.2) is 16.5 Å². The van der Waals surface area contributed by atoms with Crippen molar-refractivity contribution in [3.8, 4) is 0 Å². The fourth-order valence-corrected chi connectivity index (χ4v) is 3.86. The first-order chi connectivity index (χ1) is 11.3. The Morgan fingerprint density at radius 1 is 1.29 bits per heavy atom. The van der Waals surface area contributed by atoms with Gasteiger partial charge in [-0.25, -0.2) is 13.2 Å². The van der Waals surface area contributed by atoms with Gasteiger partial charge in [-0.1, -0.05) is 20.3 Å². The highest BCUT2D eigenvalue weighted by atomic mass is 32.2. The summed E-state index contributed by atoms with van der Waals surface area (Å²) in [5.74, 6) is 0.104. The van der Waals surface area contributed by atoms with E-state index in [9.17, 15) is 13.2 Å². The fourth-order valence-electron chi connectivity index (χ4n) is 2.53. The predicted molar refractivity (Wildman–Crippen MR) is 94.0 cm³/mol. The molecule has 0 spiro atoms. The smallest absolute Gasteiger partial charge is 0.342 e. The van der Waals surface area contributed by atoms with Crippen molar-refractivity contribution in [1.29, 1.82) is 0 Å². The lowest BCUT2D eigenvalue weighted by atomic mass is 10.1. The molecule has 0 aliphatic carbocycles. The van der Waals surface area contributed by atoms with Crippen LogP contribution in [-0.2, 0) is 21.2 Å². The van der Waals surface area contributed by atoms with Crippen LogP contribution in [0.5, 0.6) is 0 Å². The molecule has 0 atom stereocenters. The minimum atomic E-state index is -3.42. The van der Waals surface area contributed by atoms with Crippen LogP contribution in [0.1, 0.15) is 48.4 Å². The Balaban J connectivity index is 2.53. The molecule has 6 nitrogen and oxygen atoms in total. The molecule has 1 aromatic heterocycles. The number of benzene rings is 1. The van der Waals surface area contributed by atoms with Gasteiger partial charge < -0.3 is 9.15 Å². The van der Waals surface area contributed by atoms with E-state index in [1.54, 1.807) is 19.1 Å². The number of aryl methyl sites for hydroxylation is 2. The number of fused-ring (bicyclic) bond motifs is 1. The fraction of sp³-hybridized carbons (Fsp3) is 0.471. The first-order valence-electron chi connectivity index (χ1n) is 7.97. The van der Waals surface area contributed by atoms with Gasteiger partial charge in [0, 0.05) is 11.8 Å². The summed E-state index contributed by atoms with van der Waals surface area (Å²) in [4.78, 5) is 12.1. The average molecular weight is 353 g/mol. The molecule has 0 bridgehead atoms.